The van der Waals surface area contributed by atoms with E-state index in [0.29, 0.717) is 0 Å². The molecule has 0 fully saturated rings. The van der Waals surface area contributed by atoms with E-state index in [4.69, 9.17) is 0 Å². The molecule has 0 unspecified atom stereocenters. The molecule has 3 N–H and O–H groups in total. The van der Waals surface area contributed by atoms with Crippen LogP contribution >= 0.6 is 0 Å². The minimum atomic E-state index is -1.13. The lowest BCUT2D eigenvalue weighted by atomic mass is 10.0. The van der Waals surface area contributed by atoms with Crippen LogP contribution in [-0.2, 0) is 0 Å². The second kappa shape index (κ2) is 25.5. The van der Waals surface area contributed by atoms with Gasteiger partial charge in [-0.15, -0.1) is 0 Å². The summed E-state index contributed by atoms with van der Waals surface area (Å²) < 4.78 is 0.958. The number of carboxylic acids is 1. The van der Waals surface area contributed by atoms with Crippen molar-refractivity contribution in [2.24, 2.45) is 0 Å². The van der Waals surface area contributed by atoms with Crippen LogP contribution in [0.25, 0.3) is 10.8 Å². The van der Waals surface area contributed by atoms with Crippen molar-refractivity contribution in [1.82, 2.24) is 0 Å². The van der Waals surface area contributed by atoms with Crippen LogP contribution in [0.15, 0.2) is 42.5 Å². The summed E-state index contributed by atoms with van der Waals surface area (Å²) in [5, 5.41) is 40.1. The molecule has 0 saturated heterocycles. The van der Waals surface area contributed by atoms with E-state index >= 15 is 0 Å². The van der Waals surface area contributed by atoms with Gasteiger partial charge in [0.2, 0.25) is 0 Å². The maximum Gasteiger partial charge on any atom is 0.0808 e. The highest BCUT2D eigenvalue weighted by atomic mass is 16.4. The normalized spacial score (nSPS) is 11.4. The zero-order valence-electron chi connectivity index (χ0n) is 26.6. The number of aliphatic hydroxyl groups is 3. The number of aromatic carboxylic acids is 1. The van der Waals surface area contributed by atoms with Gasteiger partial charge in [0, 0.05) is 44.6 Å². The third-order valence-corrected chi connectivity index (χ3v) is 8.37. The Morgan fingerprint density at radius 2 is 0.976 bits per heavy atom. The van der Waals surface area contributed by atoms with Crippen LogP contribution in [0.3, 0.4) is 0 Å². The van der Waals surface area contributed by atoms with Gasteiger partial charge in [0.1, 0.15) is 0 Å². The Morgan fingerprint density at radius 1 is 0.571 bits per heavy atom. The average molecular weight is 588 g/mol. The molecule has 0 aliphatic rings. The second-order valence-corrected chi connectivity index (χ2v) is 11.9. The van der Waals surface area contributed by atoms with Gasteiger partial charge in [-0.2, -0.15) is 0 Å². The van der Waals surface area contributed by atoms with Crippen LogP contribution in [0.5, 0.6) is 0 Å². The van der Waals surface area contributed by atoms with E-state index in [9.17, 15) is 25.2 Å². The zero-order chi connectivity index (χ0) is 30.7. The van der Waals surface area contributed by atoms with Gasteiger partial charge in [-0.1, -0.05) is 126 Å². The van der Waals surface area contributed by atoms with E-state index in [2.05, 4.69) is 6.92 Å². The Bertz CT molecular complexity index is 892. The number of carbonyl (C=O) groups is 1. The molecule has 0 heterocycles. The molecule has 0 aliphatic heterocycles. The molecule has 0 spiro atoms. The van der Waals surface area contributed by atoms with E-state index < -0.39 is 5.97 Å². The van der Waals surface area contributed by atoms with Crippen molar-refractivity contribution in [2.75, 3.05) is 46.0 Å². The van der Waals surface area contributed by atoms with E-state index in [0.717, 1.165) is 60.7 Å². The van der Waals surface area contributed by atoms with Crippen LogP contribution in [0, 0.1) is 0 Å². The Hall–Kier alpha value is -1.99. The first-order chi connectivity index (χ1) is 20.5. The number of rotatable bonds is 25. The first kappa shape index (κ1) is 38.0. The Labute approximate surface area is 256 Å². The number of carbonyl (C=O) groups excluding carboxylic acids is 1. The summed E-state index contributed by atoms with van der Waals surface area (Å²) >= 11 is 0. The predicted octanol–water partition coefficient (Wildman–Crippen LogP) is 6.64. The molecule has 0 radical (unpaired) electrons. The van der Waals surface area contributed by atoms with Crippen LogP contribution in [0.2, 0.25) is 0 Å². The fourth-order valence-electron chi connectivity index (χ4n) is 5.93. The minimum Gasteiger partial charge on any atom is -0.545 e. The highest BCUT2D eigenvalue weighted by Gasteiger charge is 2.25. The standard InChI is InChI=1S/C25H54NO3.C11H8O2/c1-2-3-4-5-6-7-8-9-10-11-12-13-14-15-19-26(20-16-23-27,21-17-24-28)22-18-25-29;12-11(13)10-7-3-5-8-4-1-2-6-9(8)10/h27-29H,2-25H2,1H3;1-7H,(H,12,13)/q+1;/p-1. The maximum atomic E-state index is 10.7. The fraction of sp³-hybridized carbons (Fsp3) is 0.694. The Morgan fingerprint density at radius 3 is 1.43 bits per heavy atom. The second-order valence-electron chi connectivity index (χ2n) is 11.9. The van der Waals surface area contributed by atoms with Crippen molar-refractivity contribution in [3.05, 3.63) is 48.0 Å². The van der Waals surface area contributed by atoms with E-state index in [1.165, 1.54) is 89.9 Å². The third-order valence-electron chi connectivity index (χ3n) is 8.37. The summed E-state index contributed by atoms with van der Waals surface area (Å²) in [4.78, 5) is 10.7. The molecule has 0 saturated carbocycles. The number of quaternary nitrogens is 1. The SMILES string of the molecule is CCCCCCCCCCCCCCCC[N+](CCCO)(CCCO)CCCO.O=C([O-])c1cccc2ccccc12. The lowest BCUT2D eigenvalue weighted by Gasteiger charge is -2.39. The smallest absolute Gasteiger partial charge is 0.0808 e. The number of nitrogens with zero attached hydrogens (tertiary/aromatic N) is 1. The molecule has 2 aromatic carbocycles. The van der Waals surface area contributed by atoms with Gasteiger partial charge in [0.15, 0.2) is 0 Å². The lowest BCUT2D eigenvalue weighted by molar-refractivity contribution is -0.929. The molecule has 2 aromatic rings. The van der Waals surface area contributed by atoms with Crippen molar-refractivity contribution in [2.45, 2.75) is 116 Å². The molecule has 240 valence electrons. The lowest BCUT2D eigenvalue weighted by Crippen LogP contribution is -2.51. The van der Waals surface area contributed by atoms with E-state index in [1.54, 1.807) is 18.2 Å². The molecular formula is C36H61NO5. The molecule has 0 bridgehead atoms. The van der Waals surface area contributed by atoms with Crippen molar-refractivity contribution in [3.63, 3.8) is 0 Å². The van der Waals surface area contributed by atoms with Crippen molar-refractivity contribution < 1.29 is 29.7 Å². The van der Waals surface area contributed by atoms with Gasteiger partial charge in [-0.05, 0) is 23.6 Å². The Kier molecular flexibility index (Phi) is 23.1. The fourth-order valence-corrected chi connectivity index (χ4v) is 5.93. The number of fused-ring (bicyclic) bond motifs is 1. The highest BCUT2D eigenvalue weighted by molar-refractivity contribution is 6.02. The van der Waals surface area contributed by atoms with Gasteiger partial charge >= 0.3 is 0 Å². The number of benzene rings is 2. The molecule has 2 rings (SSSR count). The molecule has 0 aromatic heterocycles. The summed E-state index contributed by atoms with van der Waals surface area (Å²) in [6.07, 6.45) is 21.7. The number of aliphatic hydroxyl groups excluding tert-OH is 3. The maximum absolute atomic E-state index is 10.7. The molecule has 0 aliphatic carbocycles. The van der Waals surface area contributed by atoms with Crippen molar-refractivity contribution >= 4 is 16.7 Å². The highest BCUT2D eigenvalue weighted by Crippen LogP contribution is 2.18. The van der Waals surface area contributed by atoms with Crippen LogP contribution in [0.4, 0.5) is 0 Å². The first-order valence-corrected chi connectivity index (χ1v) is 16.9. The first-order valence-electron chi connectivity index (χ1n) is 16.9. The number of unbranched alkanes of at least 4 members (excludes halogenated alkanes) is 13. The van der Waals surface area contributed by atoms with Gasteiger partial charge < -0.3 is 29.7 Å². The molecule has 42 heavy (non-hydrogen) atoms. The Balaban J connectivity index is 0.000000554. The monoisotopic (exact) mass is 587 g/mol. The van der Waals surface area contributed by atoms with Gasteiger partial charge in [-0.3, -0.25) is 0 Å². The average Bonchev–Trinajstić information content (AvgIpc) is 3.01. The number of carboxylic acid groups (broad SMARTS) is 1. The van der Waals surface area contributed by atoms with Gasteiger partial charge in [-0.25, -0.2) is 0 Å². The zero-order valence-corrected chi connectivity index (χ0v) is 26.6. The summed E-state index contributed by atoms with van der Waals surface area (Å²) in [6.45, 7) is 7.00. The van der Waals surface area contributed by atoms with E-state index in [-0.39, 0.29) is 25.4 Å². The largest absolute Gasteiger partial charge is 0.545 e. The van der Waals surface area contributed by atoms with Gasteiger partial charge in [0.25, 0.3) is 0 Å². The summed E-state index contributed by atoms with van der Waals surface area (Å²) in [6, 6.07) is 12.5. The predicted molar refractivity (Wildman–Crippen MR) is 173 cm³/mol. The minimum absolute atomic E-state index is 0.233. The van der Waals surface area contributed by atoms with Crippen LogP contribution in [0.1, 0.15) is 126 Å². The van der Waals surface area contributed by atoms with Crippen molar-refractivity contribution in [3.8, 4) is 0 Å². The van der Waals surface area contributed by atoms with Crippen LogP contribution in [-0.4, -0.2) is 71.8 Å². The summed E-state index contributed by atoms with van der Waals surface area (Å²) in [5.74, 6) is -1.13. The topological polar surface area (TPSA) is 101 Å². The number of hydrogen-bond acceptors (Lipinski definition) is 5. The molecular weight excluding hydrogens is 526 g/mol. The quantitative estimate of drug-likeness (QED) is 0.0894. The summed E-state index contributed by atoms with van der Waals surface area (Å²) in [5.41, 5.74) is 0.248. The molecule has 0 amide bonds. The molecule has 6 heteroatoms. The van der Waals surface area contributed by atoms with Crippen LogP contribution < -0.4 is 5.11 Å². The van der Waals surface area contributed by atoms with E-state index in [1.807, 2.05) is 24.3 Å². The third kappa shape index (κ3) is 17.2. The molecule has 0 atom stereocenters. The molecule has 6 nitrogen and oxygen atoms in total. The number of hydrogen-bond donors (Lipinski definition) is 3. The summed E-state index contributed by atoms with van der Waals surface area (Å²) in [7, 11) is 0. The van der Waals surface area contributed by atoms with Gasteiger partial charge in [0.05, 0.1) is 32.1 Å². The van der Waals surface area contributed by atoms with Crippen molar-refractivity contribution in [1.29, 1.82) is 0 Å².